The second-order valence-electron chi connectivity index (χ2n) is 7.26. The van der Waals surface area contributed by atoms with Gasteiger partial charge in [0.05, 0.1) is 19.6 Å². The van der Waals surface area contributed by atoms with Crippen molar-refractivity contribution in [3.63, 3.8) is 0 Å². The minimum Gasteiger partial charge on any atom is -0.497 e. The zero-order valence-corrected chi connectivity index (χ0v) is 15.1. The number of fused-ring (bicyclic) bond motifs is 1. The lowest BCUT2D eigenvalue weighted by Gasteiger charge is -2.48. The minimum atomic E-state index is 0.0756. The topological polar surface area (TPSA) is 47.6 Å². The summed E-state index contributed by atoms with van der Waals surface area (Å²) in [6.07, 6.45) is 2.66. The molecule has 1 heterocycles. The Hall–Kier alpha value is -2.33. The van der Waals surface area contributed by atoms with Crippen LogP contribution in [0.4, 0.5) is 0 Å². The van der Waals surface area contributed by atoms with E-state index in [-0.39, 0.29) is 18.1 Å². The zero-order valence-electron chi connectivity index (χ0n) is 15.1. The molecular weight excluding hydrogens is 326 g/mol. The molecular formula is C22H25NO3. The average molecular weight is 351 g/mol. The first-order chi connectivity index (χ1) is 12.7. The van der Waals surface area contributed by atoms with E-state index in [0.29, 0.717) is 18.3 Å². The molecule has 4 rings (SSSR count). The maximum Gasteiger partial charge on any atom is 0.224 e. The van der Waals surface area contributed by atoms with Gasteiger partial charge in [0.25, 0.3) is 0 Å². The molecule has 136 valence electrons. The lowest BCUT2D eigenvalue weighted by atomic mass is 9.64. The Kier molecular flexibility index (Phi) is 4.93. The van der Waals surface area contributed by atoms with Gasteiger partial charge in [-0.2, -0.15) is 0 Å². The molecule has 0 aromatic heterocycles. The van der Waals surface area contributed by atoms with Crippen LogP contribution in [-0.2, 0) is 22.4 Å². The third-order valence-corrected chi connectivity index (χ3v) is 5.67. The molecule has 2 aliphatic rings. The highest BCUT2D eigenvalue weighted by Crippen LogP contribution is 2.45. The summed E-state index contributed by atoms with van der Waals surface area (Å²) in [5.41, 5.74) is 2.28. The SMILES string of the molecule is COc1cccc(CC(=O)N[C@@H]2[C@@H](Cc3ccccc3)[C@H]3OCC[C@@H]23)c1. The monoisotopic (exact) mass is 351 g/mol. The van der Waals surface area contributed by atoms with Crippen LogP contribution in [0.15, 0.2) is 54.6 Å². The second kappa shape index (κ2) is 7.50. The predicted octanol–water partition coefficient (Wildman–Crippen LogP) is 3.00. The molecule has 0 bridgehead atoms. The van der Waals surface area contributed by atoms with Crippen molar-refractivity contribution in [3.05, 3.63) is 65.7 Å². The van der Waals surface area contributed by atoms with Crippen molar-refractivity contribution in [1.29, 1.82) is 0 Å². The van der Waals surface area contributed by atoms with E-state index >= 15 is 0 Å². The fourth-order valence-corrected chi connectivity index (χ4v) is 4.38. The highest BCUT2D eigenvalue weighted by atomic mass is 16.5. The third kappa shape index (κ3) is 3.47. The molecule has 2 fully saturated rings. The number of nitrogens with one attached hydrogen (secondary N) is 1. The summed E-state index contributed by atoms with van der Waals surface area (Å²) in [6.45, 7) is 0.808. The van der Waals surface area contributed by atoms with Crippen LogP contribution in [0.2, 0.25) is 0 Å². The number of carbonyl (C=O) groups is 1. The van der Waals surface area contributed by atoms with Gasteiger partial charge in [-0.15, -0.1) is 0 Å². The van der Waals surface area contributed by atoms with Gasteiger partial charge in [-0.1, -0.05) is 42.5 Å². The first kappa shape index (κ1) is 17.1. The lowest BCUT2D eigenvalue weighted by Crippen LogP contribution is -2.62. The highest BCUT2D eigenvalue weighted by molar-refractivity contribution is 5.79. The van der Waals surface area contributed by atoms with Gasteiger partial charge in [0.2, 0.25) is 5.91 Å². The van der Waals surface area contributed by atoms with Crippen molar-refractivity contribution in [1.82, 2.24) is 5.32 Å². The Bertz CT molecular complexity index is 761. The minimum absolute atomic E-state index is 0.0756. The molecule has 4 nitrogen and oxygen atoms in total. The van der Waals surface area contributed by atoms with E-state index in [0.717, 1.165) is 30.8 Å². The van der Waals surface area contributed by atoms with Crippen LogP contribution < -0.4 is 10.1 Å². The van der Waals surface area contributed by atoms with Gasteiger partial charge in [-0.05, 0) is 36.1 Å². The lowest BCUT2D eigenvalue weighted by molar-refractivity contribution is -0.126. The summed E-state index contributed by atoms with van der Waals surface area (Å²) in [6, 6.07) is 18.4. The van der Waals surface area contributed by atoms with Crippen molar-refractivity contribution in [3.8, 4) is 5.75 Å². The van der Waals surface area contributed by atoms with E-state index in [2.05, 4.69) is 29.6 Å². The van der Waals surface area contributed by atoms with Gasteiger partial charge in [0, 0.05) is 24.5 Å². The molecule has 1 saturated carbocycles. The van der Waals surface area contributed by atoms with Crippen LogP contribution in [0.25, 0.3) is 0 Å². The Labute approximate surface area is 154 Å². The number of ether oxygens (including phenoxy) is 2. The summed E-state index contributed by atoms with van der Waals surface area (Å²) >= 11 is 0. The summed E-state index contributed by atoms with van der Waals surface area (Å²) in [5.74, 6) is 1.67. The second-order valence-corrected chi connectivity index (χ2v) is 7.26. The summed E-state index contributed by atoms with van der Waals surface area (Å²) in [4.78, 5) is 12.6. The maximum absolute atomic E-state index is 12.6. The molecule has 1 aliphatic heterocycles. The van der Waals surface area contributed by atoms with E-state index in [4.69, 9.17) is 9.47 Å². The van der Waals surface area contributed by atoms with Gasteiger partial charge < -0.3 is 14.8 Å². The molecule has 4 heteroatoms. The van der Waals surface area contributed by atoms with Crippen LogP contribution in [0.5, 0.6) is 5.75 Å². The molecule has 0 radical (unpaired) electrons. The van der Waals surface area contributed by atoms with E-state index in [1.807, 2.05) is 30.3 Å². The van der Waals surface area contributed by atoms with Gasteiger partial charge >= 0.3 is 0 Å². The molecule has 0 spiro atoms. The van der Waals surface area contributed by atoms with E-state index < -0.39 is 0 Å². The quantitative estimate of drug-likeness (QED) is 0.870. The summed E-state index contributed by atoms with van der Waals surface area (Å²) in [7, 11) is 1.64. The molecule has 2 aromatic rings. The van der Waals surface area contributed by atoms with Gasteiger partial charge in [0.15, 0.2) is 0 Å². The molecule has 2 aromatic carbocycles. The van der Waals surface area contributed by atoms with E-state index in [9.17, 15) is 4.79 Å². The van der Waals surface area contributed by atoms with Crippen LogP contribution >= 0.6 is 0 Å². The highest BCUT2D eigenvalue weighted by Gasteiger charge is 2.53. The first-order valence-electron chi connectivity index (χ1n) is 9.32. The van der Waals surface area contributed by atoms with Crippen LogP contribution in [-0.4, -0.2) is 31.8 Å². The van der Waals surface area contributed by atoms with E-state index in [1.165, 1.54) is 5.56 Å². The fourth-order valence-electron chi connectivity index (χ4n) is 4.38. The number of hydrogen-bond acceptors (Lipinski definition) is 3. The molecule has 4 atom stereocenters. The molecule has 0 unspecified atom stereocenters. The molecule has 1 aliphatic carbocycles. The first-order valence-corrected chi connectivity index (χ1v) is 9.32. The van der Waals surface area contributed by atoms with Gasteiger partial charge in [-0.3, -0.25) is 4.79 Å². The Morgan fingerprint density at radius 1 is 1.15 bits per heavy atom. The third-order valence-electron chi connectivity index (χ3n) is 5.67. The van der Waals surface area contributed by atoms with Crippen molar-refractivity contribution < 1.29 is 14.3 Å². The average Bonchev–Trinajstić information content (AvgIpc) is 3.10. The standard InChI is InChI=1S/C22H25NO3/c1-25-17-9-5-8-16(12-17)14-20(24)23-21-18-10-11-26-22(18)19(21)13-15-6-3-2-4-7-15/h2-9,12,18-19,21-22H,10-11,13-14H2,1H3,(H,23,24)/t18-,19+,21-,22-/m0/s1. The van der Waals surface area contributed by atoms with E-state index in [1.54, 1.807) is 7.11 Å². The van der Waals surface area contributed by atoms with Gasteiger partial charge in [0.1, 0.15) is 5.75 Å². The number of hydrogen-bond donors (Lipinski definition) is 1. The smallest absolute Gasteiger partial charge is 0.224 e. The largest absolute Gasteiger partial charge is 0.497 e. The van der Waals surface area contributed by atoms with Gasteiger partial charge in [-0.25, -0.2) is 0 Å². The van der Waals surface area contributed by atoms with Crippen molar-refractivity contribution in [2.45, 2.75) is 31.4 Å². The Morgan fingerprint density at radius 2 is 1.96 bits per heavy atom. The van der Waals surface area contributed by atoms with Crippen molar-refractivity contribution in [2.24, 2.45) is 11.8 Å². The number of methoxy groups -OCH3 is 1. The number of rotatable bonds is 6. The maximum atomic E-state index is 12.6. The summed E-state index contributed by atoms with van der Waals surface area (Å²) < 4.78 is 11.2. The Morgan fingerprint density at radius 3 is 2.77 bits per heavy atom. The molecule has 1 N–H and O–H groups in total. The van der Waals surface area contributed by atoms with Crippen LogP contribution in [0.3, 0.4) is 0 Å². The predicted molar refractivity (Wildman–Crippen MR) is 100 cm³/mol. The number of benzene rings is 2. The molecule has 1 amide bonds. The Balaban J connectivity index is 1.41. The number of carbonyl (C=O) groups excluding carboxylic acids is 1. The summed E-state index contributed by atoms with van der Waals surface area (Å²) in [5, 5.41) is 3.28. The molecule has 26 heavy (non-hydrogen) atoms. The molecule has 1 saturated heterocycles. The normalized spacial score (nSPS) is 26.7. The van der Waals surface area contributed by atoms with Crippen LogP contribution in [0.1, 0.15) is 17.5 Å². The van der Waals surface area contributed by atoms with Crippen molar-refractivity contribution >= 4 is 5.91 Å². The van der Waals surface area contributed by atoms with Crippen LogP contribution in [0, 0.1) is 11.8 Å². The zero-order chi connectivity index (χ0) is 17.9. The van der Waals surface area contributed by atoms with Crippen molar-refractivity contribution in [2.75, 3.05) is 13.7 Å². The number of amides is 1. The fraction of sp³-hybridized carbons (Fsp3) is 0.409.